The number of carbonyl (C=O) groups is 2. The maximum Gasteiger partial charge on any atom is 0.243 e. The number of carbonyl (C=O) groups excluding carboxylic acids is 2. The number of methoxy groups -OCH3 is 1. The van der Waals surface area contributed by atoms with Gasteiger partial charge in [0.2, 0.25) is 17.8 Å². The van der Waals surface area contributed by atoms with Gasteiger partial charge in [-0.3, -0.25) is 14.8 Å². The number of amides is 2. The molecular weight excluding hydrogens is 532 g/mol. The van der Waals surface area contributed by atoms with Crippen LogP contribution in [0.25, 0.3) is 22.2 Å². The highest BCUT2D eigenvalue weighted by Gasteiger charge is 2.12. The van der Waals surface area contributed by atoms with Gasteiger partial charge in [0, 0.05) is 60.5 Å². The first kappa shape index (κ1) is 30.5. The van der Waals surface area contributed by atoms with Gasteiger partial charge in [-0.2, -0.15) is 0 Å². The van der Waals surface area contributed by atoms with Gasteiger partial charge in [0.05, 0.1) is 18.5 Å². The van der Waals surface area contributed by atoms with Crippen molar-refractivity contribution in [3.63, 3.8) is 0 Å². The first-order valence-corrected chi connectivity index (χ1v) is 14.5. The number of nitrogens with zero attached hydrogens (tertiary/aromatic N) is 3. The first-order valence-electron chi connectivity index (χ1n) is 14.5. The highest BCUT2D eigenvalue weighted by Crippen LogP contribution is 2.32. The van der Waals surface area contributed by atoms with Gasteiger partial charge in [-0.15, -0.1) is 0 Å². The number of nitrogens with one attached hydrogen (secondary N) is 3. The summed E-state index contributed by atoms with van der Waals surface area (Å²) in [4.78, 5) is 32.6. The molecule has 0 unspecified atom stereocenters. The molecule has 0 aliphatic carbocycles. The monoisotopic (exact) mass is 572 g/mol. The van der Waals surface area contributed by atoms with Crippen LogP contribution in [0.5, 0.6) is 5.75 Å². The van der Waals surface area contributed by atoms with E-state index in [4.69, 9.17) is 14.9 Å². The lowest BCUT2D eigenvalue weighted by Crippen LogP contribution is -2.17. The third-order valence-electron chi connectivity index (χ3n) is 7.24. The van der Waals surface area contributed by atoms with Gasteiger partial charge in [0.15, 0.2) is 0 Å². The summed E-state index contributed by atoms with van der Waals surface area (Å²) in [6.45, 7) is 0. The Bertz CT molecular complexity index is 1490. The summed E-state index contributed by atoms with van der Waals surface area (Å²) < 4.78 is 7.68. The second-order valence-corrected chi connectivity index (χ2v) is 10.4. The Morgan fingerprint density at radius 3 is 2.31 bits per heavy atom. The summed E-state index contributed by atoms with van der Waals surface area (Å²) >= 11 is 0. The lowest BCUT2D eigenvalue weighted by atomic mass is 10.1. The minimum absolute atomic E-state index is 0.0222. The van der Waals surface area contributed by atoms with Crippen LogP contribution >= 0.6 is 0 Å². The molecule has 10 heteroatoms. The van der Waals surface area contributed by atoms with E-state index in [0.717, 1.165) is 73.5 Å². The van der Waals surface area contributed by atoms with Crippen LogP contribution in [0, 0.1) is 0 Å². The molecule has 0 fully saturated rings. The van der Waals surface area contributed by atoms with Crippen molar-refractivity contribution in [1.82, 2.24) is 20.0 Å². The van der Waals surface area contributed by atoms with Gasteiger partial charge in [0.25, 0.3) is 0 Å². The van der Waals surface area contributed by atoms with Crippen molar-refractivity contribution in [2.24, 2.45) is 7.05 Å². The zero-order chi connectivity index (χ0) is 29.7. The molecule has 4 rings (SSSR count). The number of unbranched alkanes of at least 4 members (excludes halogenated alkanes) is 7. The number of aryl methyl sites for hydroxylation is 1. The van der Waals surface area contributed by atoms with E-state index < -0.39 is 0 Å². The van der Waals surface area contributed by atoms with E-state index in [2.05, 4.69) is 38.5 Å². The van der Waals surface area contributed by atoms with E-state index in [-0.39, 0.29) is 11.8 Å². The van der Waals surface area contributed by atoms with Crippen LogP contribution in [0.2, 0.25) is 0 Å². The molecule has 0 aliphatic heterocycles. The van der Waals surface area contributed by atoms with Crippen LogP contribution in [-0.4, -0.2) is 38.7 Å². The summed E-state index contributed by atoms with van der Waals surface area (Å²) in [7, 11) is 3.61. The molecule has 0 bridgehead atoms. The summed E-state index contributed by atoms with van der Waals surface area (Å²) in [5, 5.41) is 15.8. The van der Waals surface area contributed by atoms with Crippen molar-refractivity contribution >= 4 is 40.0 Å². The largest absolute Gasteiger partial charge is 0.494 e. The zero-order valence-electron chi connectivity index (χ0n) is 24.4. The molecular formula is C32H40N6O4. The first-order chi connectivity index (χ1) is 20.5. The minimum Gasteiger partial charge on any atom is -0.494 e. The fourth-order valence-corrected chi connectivity index (χ4v) is 5.02. The number of aromatic nitrogens is 3. The van der Waals surface area contributed by atoms with Crippen LogP contribution in [0.1, 0.15) is 64.2 Å². The number of anilines is 3. The van der Waals surface area contributed by atoms with Crippen molar-refractivity contribution in [2.75, 3.05) is 17.7 Å². The fraction of sp³-hybridized carbons (Fsp3) is 0.375. The van der Waals surface area contributed by atoms with E-state index in [0.29, 0.717) is 35.9 Å². The van der Waals surface area contributed by atoms with Crippen LogP contribution < -0.4 is 20.9 Å². The van der Waals surface area contributed by atoms with E-state index >= 15 is 0 Å². The number of rotatable bonds is 16. The summed E-state index contributed by atoms with van der Waals surface area (Å²) in [6.07, 6.45) is 12.7. The Morgan fingerprint density at radius 2 is 1.60 bits per heavy atom. The lowest BCUT2D eigenvalue weighted by Gasteiger charge is -2.13. The summed E-state index contributed by atoms with van der Waals surface area (Å²) in [5.41, 5.74) is 6.01. The number of ether oxygens (including phenoxy) is 1. The molecule has 0 saturated heterocycles. The SMILES string of the molecule is COc1cc(NC(=O)CCCCCCCCCCC(=O)NO)ccc1Nc1nccc(-c2cn(C)c3ccccc23)n1. The van der Waals surface area contributed by atoms with Gasteiger partial charge < -0.3 is 19.9 Å². The number of hydrogen-bond acceptors (Lipinski definition) is 7. The highest BCUT2D eigenvalue weighted by molar-refractivity contribution is 5.95. The highest BCUT2D eigenvalue weighted by atomic mass is 16.5. The Kier molecular flexibility index (Phi) is 11.3. The second kappa shape index (κ2) is 15.5. The second-order valence-electron chi connectivity index (χ2n) is 10.4. The van der Waals surface area contributed by atoms with Crippen molar-refractivity contribution in [3.05, 3.63) is 60.9 Å². The molecule has 222 valence electrons. The van der Waals surface area contributed by atoms with Crippen molar-refractivity contribution in [1.29, 1.82) is 0 Å². The molecule has 0 spiro atoms. The average molecular weight is 573 g/mol. The predicted octanol–water partition coefficient (Wildman–Crippen LogP) is 6.73. The van der Waals surface area contributed by atoms with Crippen LogP contribution in [-0.2, 0) is 16.6 Å². The number of hydroxylamine groups is 1. The molecule has 2 aromatic heterocycles. The standard InChI is InChI=1S/C32H40N6O4/c1-38-22-25(24-13-11-12-14-28(24)38)26-19-20-33-32(35-26)36-27-18-17-23(21-29(27)42-2)34-30(39)15-9-7-5-3-4-6-8-10-16-31(40)37-41/h11-14,17-22,41H,3-10,15-16H2,1-2H3,(H,34,39)(H,37,40)(H,33,35,36). The Hall–Kier alpha value is -4.44. The summed E-state index contributed by atoms with van der Waals surface area (Å²) in [5.74, 6) is 0.673. The normalized spacial score (nSPS) is 10.9. The summed E-state index contributed by atoms with van der Waals surface area (Å²) in [6, 6.07) is 15.6. The van der Waals surface area contributed by atoms with Gasteiger partial charge in [-0.25, -0.2) is 15.4 Å². The molecule has 2 amide bonds. The number of para-hydroxylation sites is 1. The Balaban J connectivity index is 1.24. The lowest BCUT2D eigenvalue weighted by molar-refractivity contribution is -0.129. The molecule has 0 saturated carbocycles. The molecule has 0 atom stereocenters. The van der Waals surface area contributed by atoms with Crippen molar-refractivity contribution in [3.8, 4) is 17.0 Å². The quantitative estimate of drug-likeness (QED) is 0.0665. The molecule has 2 heterocycles. The zero-order valence-corrected chi connectivity index (χ0v) is 24.4. The molecule has 0 radical (unpaired) electrons. The van der Waals surface area contributed by atoms with Gasteiger partial charge in [-0.1, -0.05) is 56.7 Å². The van der Waals surface area contributed by atoms with Crippen LogP contribution in [0.3, 0.4) is 0 Å². The third-order valence-corrected chi connectivity index (χ3v) is 7.24. The maximum atomic E-state index is 12.5. The Labute approximate surface area is 246 Å². The maximum absolute atomic E-state index is 12.5. The van der Waals surface area contributed by atoms with Crippen LogP contribution in [0.4, 0.5) is 17.3 Å². The van der Waals surface area contributed by atoms with Gasteiger partial charge in [-0.05, 0) is 37.1 Å². The number of benzene rings is 2. The van der Waals surface area contributed by atoms with E-state index in [1.54, 1.807) is 24.9 Å². The smallest absolute Gasteiger partial charge is 0.243 e. The molecule has 2 aromatic carbocycles. The minimum atomic E-state index is -0.326. The number of hydrogen-bond donors (Lipinski definition) is 4. The molecule has 4 N–H and O–H groups in total. The third kappa shape index (κ3) is 8.53. The fourth-order valence-electron chi connectivity index (χ4n) is 5.02. The van der Waals surface area contributed by atoms with Crippen molar-refractivity contribution in [2.45, 2.75) is 64.2 Å². The number of fused-ring (bicyclic) bond motifs is 1. The van der Waals surface area contributed by atoms with Crippen LogP contribution in [0.15, 0.2) is 60.9 Å². The molecule has 0 aliphatic rings. The predicted molar refractivity (Wildman–Crippen MR) is 165 cm³/mol. The van der Waals surface area contributed by atoms with Crippen molar-refractivity contribution < 1.29 is 19.5 Å². The van der Waals surface area contributed by atoms with E-state index in [1.807, 2.05) is 37.4 Å². The van der Waals surface area contributed by atoms with E-state index in [1.165, 1.54) is 0 Å². The molecule has 42 heavy (non-hydrogen) atoms. The Morgan fingerprint density at radius 1 is 0.905 bits per heavy atom. The average Bonchev–Trinajstić information content (AvgIpc) is 3.35. The molecule has 10 nitrogen and oxygen atoms in total. The van der Waals surface area contributed by atoms with Gasteiger partial charge >= 0.3 is 0 Å². The molecule has 4 aromatic rings. The van der Waals surface area contributed by atoms with Gasteiger partial charge in [0.1, 0.15) is 5.75 Å². The van der Waals surface area contributed by atoms with E-state index in [9.17, 15) is 9.59 Å². The topological polar surface area (TPSA) is 130 Å².